The molecular weight excluding hydrogens is 298 g/mol. The Kier molecular flexibility index (Phi) is 10.5. The Morgan fingerprint density at radius 3 is 1.88 bits per heavy atom. The summed E-state index contributed by atoms with van der Waals surface area (Å²) in [5.74, 6) is 11.5. The highest BCUT2D eigenvalue weighted by atomic mass is 15.4. The zero-order valence-corrected chi connectivity index (χ0v) is 15.8. The van der Waals surface area contributed by atoms with Gasteiger partial charge < -0.3 is 10.7 Å². The molecule has 0 aliphatic rings. The maximum Gasteiger partial charge on any atom is 0.0746 e. The van der Waals surface area contributed by atoms with Gasteiger partial charge in [-0.3, -0.25) is 5.84 Å². The quantitative estimate of drug-likeness (QED) is 0.391. The normalized spacial score (nSPS) is 10.7. The molecule has 0 fully saturated rings. The molecule has 0 spiro atoms. The van der Waals surface area contributed by atoms with E-state index in [1.807, 2.05) is 45.9 Å². The summed E-state index contributed by atoms with van der Waals surface area (Å²) in [4.78, 5) is 0. The van der Waals surface area contributed by atoms with Gasteiger partial charge in [-0.05, 0) is 30.2 Å². The van der Waals surface area contributed by atoms with E-state index in [0.717, 1.165) is 16.8 Å². The molecule has 1 unspecified atom stereocenters. The minimum absolute atomic E-state index is 0.102. The van der Waals surface area contributed by atoms with Crippen molar-refractivity contribution in [1.29, 1.82) is 0 Å². The number of anilines is 2. The van der Waals surface area contributed by atoms with Crippen molar-refractivity contribution in [3.8, 4) is 0 Å². The van der Waals surface area contributed by atoms with Crippen LogP contribution in [0.5, 0.6) is 0 Å². The zero-order valence-electron chi connectivity index (χ0n) is 15.8. The smallest absolute Gasteiger partial charge is 0.0746 e. The Labute approximate surface area is 146 Å². The van der Waals surface area contributed by atoms with Gasteiger partial charge in [-0.1, -0.05) is 63.6 Å². The Morgan fingerprint density at radius 1 is 0.917 bits per heavy atom. The fourth-order valence-electron chi connectivity index (χ4n) is 2.19. The predicted molar refractivity (Wildman–Crippen MR) is 106 cm³/mol. The molecule has 1 atom stereocenters. The summed E-state index contributed by atoms with van der Waals surface area (Å²) in [5.41, 5.74) is 13.5. The van der Waals surface area contributed by atoms with Crippen LogP contribution in [-0.4, -0.2) is 7.05 Å². The van der Waals surface area contributed by atoms with Crippen molar-refractivity contribution in [3.05, 3.63) is 59.2 Å². The van der Waals surface area contributed by atoms with Crippen molar-refractivity contribution in [2.45, 2.75) is 40.7 Å². The molecule has 0 aromatic heterocycles. The molecule has 24 heavy (non-hydrogen) atoms. The predicted octanol–water partition coefficient (Wildman–Crippen LogP) is 3.49. The number of rotatable bonds is 4. The SMILES string of the molecule is CC.CC.Cc1ccc(C(NN)c2ccc(N)c(N(C)N)c2)cc1. The molecule has 0 bridgehead atoms. The first kappa shape index (κ1) is 21.9. The van der Waals surface area contributed by atoms with Crippen molar-refractivity contribution in [1.82, 2.24) is 5.43 Å². The van der Waals surface area contributed by atoms with Crippen LogP contribution in [0.3, 0.4) is 0 Å². The van der Waals surface area contributed by atoms with Crippen LogP contribution in [0.15, 0.2) is 42.5 Å². The van der Waals surface area contributed by atoms with E-state index in [4.69, 9.17) is 17.4 Å². The first-order chi connectivity index (χ1) is 11.5. The van der Waals surface area contributed by atoms with E-state index >= 15 is 0 Å². The highest BCUT2D eigenvalue weighted by Crippen LogP contribution is 2.28. The Balaban J connectivity index is 0.00000123. The van der Waals surface area contributed by atoms with Crippen LogP contribution in [-0.2, 0) is 0 Å². The van der Waals surface area contributed by atoms with E-state index in [1.54, 1.807) is 7.05 Å². The molecule has 0 saturated heterocycles. The molecule has 2 aromatic rings. The van der Waals surface area contributed by atoms with Crippen LogP contribution in [0.25, 0.3) is 0 Å². The summed E-state index contributed by atoms with van der Waals surface area (Å²) >= 11 is 0. The van der Waals surface area contributed by atoms with Gasteiger partial charge in [0.25, 0.3) is 0 Å². The molecule has 0 aliphatic carbocycles. The molecule has 2 aromatic carbocycles. The van der Waals surface area contributed by atoms with Crippen molar-refractivity contribution in [3.63, 3.8) is 0 Å². The number of nitrogens with zero attached hydrogens (tertiary/aromatic N) is 1. The molecule has 5 nitrogen and oxygen atoms in total. The summed E-state index contributed by atoms with van der Waals surface area (Å²) in [6, 6.07) is 13.9. The lowest BCUT2D eigenvalue weighted by atomic mass is 9.97. The van der Waals surface area contributed by atoms with Crippen LogP contribution < -0.4 is 27.9 Å². The third-order valence-corrected chi connectivity index (χ3v) is 3.35. The Morgan fingerprint density at radius 2 is 1.42 bits per heavy atom. The van der Waals surface area contributed by atoms with Gasteiger partial charge in [0, 0.05) is 7.05 Å². The van der Waals surface area contributed by atoms with Gasteiger partial charge in [0.1, 0.15) is 0 Å². The average molecular weight is 332 g/mol. The van der Waals surface area contributed by atoms with Gasteiger partial charge in [-0.15, -0.1) is 0 Å². The third kappa shape index (κ3) is 5.85. The highest BCUT2D eigenvalue weighted by Gasteiger charge is 2.14. The Bertz CT molecular complexity index is 579. The monoisotopic (exact) mass is 331 g/mol. The lowest BCUT2D eigenvalue weighted by Crippen LogP contribution is -2.30. The lowest BCUT2D eigenvalue weighted by molar-refractivity contribution is 0.637. The molecule has 0 saturated carbocycles. The largest absolute Gasteiger partial charge is 0.397 e. The second-order valence-corrected chi connectivity index (χ2v) is 4.94. The standard InChI is InChI=1S/C15H21N5.2C2H6/c1-10-3-5-11(6-4-10)15(19-17)12-7-8-13(16)14(9-12)20(2)18;2*1-2/h3-9,15,19H,16-18H2,1-2H3;2*1-2H3. The fourth-order valence-corrected chi connectivity index (χ4v) is 2.19. The van der Waals surface area contributed by atoms with E-state index in [-0.39, 0.29) is 6.04 Å². The van der Waals surface area contributed by atoms with Crippen LogP contribution in [0.4, 0.5) is 11.4 Å². The van der Waals surface area contributed by atoms with Crippen LogP contribution in [0.2, 0.25) is 0 Å². The lowest BCUT2D eigenvalue weighted by Gasteiger charge is -2.21. The van der Waals surface area contributed by atoms with Crippen LogP contribution >= 0.6 is 0 Å². The van der Waals surface area contributed by atoms with Crippen molar-refractivity contribution in [2.24, 2.45) is 11.7 Å². The van der Waals surface area contributed by atoms with Crippen molar-refractivity contribution >= 4 is 11.4 Å². The number of benzene rings is 2. The molecule has 7 N–H and O–H groups in total. The molecule has 0 radical (unpaired) electrons. The zero-order chi connectivity index (χ0) is 18.7. The fraction of sp³-hybridized carbons (Fsp3) is 0.368. The minimum atomic E-state index is -0.102. The summed E-state index contributed by atoms with van der Waals surface area (Å²) in [7, 11) is 1.76. The summed E-state index contributed by atoms with van der Waals surface area (Å²) < 4.78 is 0. The van der Waals surface area contributed by atoms with E-state index in [9.17, 15) is 0 Å². The third-order valence-electron chi connectivity index (χ3n) is 3.35. The molecule has 2 rings (SSSR count). The van der Waals surface area contributed by atoms with Crippen molar-refractivity contribution < 1.29 is 0 Å². The van der Waals surface area contributed by atoms with E-state index in [0.29, 0.717) is 5.69 Å². The topological polar surface area (TPSA) is 93.3 Å². The van der Waals surface area contributed by atoms with Gasteiger partial charge >= 0.3 is 0 Å². The number of nitrogens with one attached hydrogen (secondary N) is 1. The second-order valence-electron chi connectivity index (χ2n) is 4.94. The van der Waals surface area contributed by atoms with E-state index in [2.05, 4.69) is 36.6 Å². The van der Waals surface area contributed by atoms with Crippen LogP contribution in [0.1, 0.15) is 50.4 Å². The molecule has 5 heteroatoms. The molecule has 134 valence electrons. The first-order valence-electron chi connectivity index (χ1n) is 8.43. The maximum absolute atomic E-state index is 5.92. The van der Waals surface area contributed by atoms with E-state index < -0.39 is 0 Å². The van der Waals surface area contributed by atoms with Gasteiger partial charge in [0.2, 0.25) is 0 Å². The molecule has 0 aliphatic heterocycles. The number of nitrogens with two attached hydrogens (primary N) is 3. The number of hydrazine groups is 2. The number of hydrogen-bond acceptors (Lipinski definition) is 5. The average Bonchev–Trinajstić information content (AvgIpc) is 2.62. The summed E-state index contributed by atoms with van der Waals surface area (Å²) in [5, 5.41) is 1.50. The summed E-state index contributed by atoms with van der Waals surface area (Å²) in [6.07, 6.45) is 0. The molecular formula is C19H33N5. The van der Waals surface area contributed by atoms with Crippen LogP contribution in [0, 0.1) is 6.92 Å². The van der Waals surface area contributed by atoms with Gasteiger partial charge in [0.05, 0.1) is 17.4 Å². The first-order valence-corrected chi connectivity index (χ1v) is 8.43. The Hall–Kier alpha value is -2.08. The second kappa shape index (κ2) is 11.5. The van der Waals surface area contributed by atoms with Gasteiger partial charge in [0.15, 0.2) is 0 Å². The maximum atomic E-state index is 5.92. The number of nitrogen functional groups attached to an aromatic ring is 1. The molecule has 0 amide bonds. The van der Waals surface area contributed by atoms with Crippen molar-refractivity contribution in [2.75, 3.05) is 17.8 Å². The van der Waals surface area contributed by atoms with Gasteiger partial charge in [-0.25, -0.2) is 11.3 Å². The number of aryl methyl sites for hydroxylation is 1. The van der Waals surface area contributed by atoms with Gasteiger partial charge in [-0.2, -0.15) is 0 Å². The summed E-state index contributed by atoms with van der Waals surface area (Å²) in [6.45, 7) is 10.1. The number of hydrogen-bond donors (Lipinski definition) is 4. The van der Waals surface area contributed by atoms with E-state index in [1.165, 1.54) is 10.6 Å². The molecule has 0 heterocycles. The minimum Gasteiger partial charge on any atom is -0.397 e. The highest BCUT2D eigenvalue weighted by molar-refractivity contribution is 5.68.